The van der Waals surface area contributed by atoms with Crippen LogP contribution >= 0.6 is 0 Å². The van der Waals surface area contributed by atoms with Crippen molar-refractivity contribution in [2.45, 2.75) is 11.8 Å². The molecule has 0 saturated heterocycles. The highest BCUT2D eigenvalue weighted by atomic mass is 32.2. The minimum atomic E-state index is -3.73. The van der Waals surface area contributed by atoms with Crippen molar-refractivity contribution in [2.24, 2.45) is 0 Å². The van der Waals surface area contributed by atoms with Gasteiger partial charge < -0.3 is 5.32 Å². The molecule has 1 N–H and O–H groups in total. The molecule has 0 spiro atoms. The van der Waals surface area contributed by atoms with Gasteiger partial charge in [0.1, 0.15) is 11.6 Å². The van der Waals surface area contributed by atoms with Gasteiger partial charge in [0.05, 0.1) is 23.4 Å². The molecule has 0 radical (unpaired) electrons. The number of amides is 1. The van der Waals surface area contributed by atoms with E-state index in [1.807, 2.05) is 12.1 Å². The Kier molecular flexibility index (Phi) is 6.60. The van der Waals surface area contributed by atoms with Crippen molar-refractivity contribution in [2.75, 3.05) is 5.75 Å². The molecule has 0 aliphatic carbocycles. The summed E-state index contributed by atoms with van der Waals surface area (Å²) in [6, 6.07) is 22.3. The minimum Gasteiger partial charge on any atom is -0.344 e. The fourth-order valence-corrected chi connectivity index (χ4v) is 4.33. The Morgan fingerprint density at radius 2 is 1.53 bits per heavy atom. The Labute approximate surface area is 174 Å². The lowest BCUT2D eigenvalue weighted by Gasteiger charge is -2.20. The van der Waals surface area contributed by atoms with Crippen molar-refractivity contribution in [3.63, 3.8) is 0 Å². The maximum absolute atomic E-state index is 13.3. The average molecular weight is 422 g/mol. The summed E-state index contributed by atoms with van der Waals surface area (Å²) in [5, 5.41) is 11.6. The van der Waals surface area contributed by atoms with E-state index in [9.17, 15) is 17.6 Å². The third-order valence-electron chi connectivity index (χ3n) is 4.46. The third-order valence-corrected chi connectivity index (χ3v) is 5.94. The van der Waals surface area contributed by atoms with Crippen LogP contribution in [0.25, 0.3) is 0 Å². The number of nitrogens with one attached hydrogen (secondary N) is 1. The zero-order valence-electron chi connectivity index (χ0n) is 16.0. The summed E-state index contributed by atoms with van der Waals surface area (Å²) in [7, 11) is -3.73. The quantitative estimate of drug-likeness (QED) is 0.631. The molecule has 0 aliphatic rings. The first-order valence-corrected chi connectivity index (χ1v) is 11.0. The fraction of sp³-hybridized carbons (Fsp3) is 0.130. The highest BCUT2D eigenvalue weighted by Gasteiger charge is 2.22. The predicted molar refractivity (Wildman–Crippen MR) is 111 cm³/mol. The van der Waals surface area contributed by atoms with Crippen LogP contribution in [-0.4, -0.2) is 20.1 Å². The first-order chi connectivity index (χ1) is 14.4. The molecular weight excluding hydrogens is 403 g/mol. The number of sulfone groups is 1. The topological polar surface area (TPSA) is 87.0 Å². The van der Waals surface area contributed by atoms with E-state index in [0.29, 0.717) is 16.7 Å². The number of nitrogens with zero attached hydrogens (tertiary/aromatic N) is 1. The molecule has 30 heavy (non-hydrogen) atoms. The SMILES string of the molecule is N#Cc1ccc(CS(=O)(=O)CC(=O)N[C@@H](c2ccccc2)c2ccc(F)cc2)cc1. The van der Waals surface area contributed by atoms with Crippen LogP contribution in [-0.2, 0) is 20.4 Å². The van der Waals surface area contributed by atoms with E-state index in [0.717, 1.165) is 5.56 Å². The Morgan fingerprint density at radius 3 is 2.13 bits per heavy atom. The van der Waals surface area contributed by atoms with Gasteiger partial charge in [0, 0.05) is 0 Å². The second-order valence-corrected chi connectivity index (χ2v) is 8.87. The molecule has 1 atom stereocenters. The number of nitriles is 1. The lowest BCUT2D eigenvalue weighted by atomic mass is 9.98. The molecule has 3 aromatic rings. The summed E-state index contributed by atoms with van der Waals surface area (Å²) < 4.78 is 38.3. The monoisotopic (exact) mass is 422 g/mol. The normalized spacial score (nSPS) is 12.0. The average Bonchev–Trinajstić information content (AvgIpc) is 2.73. The van der Waals surface area contributed by atoms with Gasteiger partial charge in [-0.15, -0.1) is 0 Å². The molecular formula is C23H19FN2O3S. The molecule has 0 aromatic heterocycles. The predicted octanol–water partition coefficient (Wildman–Crippen LogP) is 3.52. The van der Waals surface area contributed by atoms with Gasteiger partial charge in [0.2, 0.25) is 5.91 Å². The van der Waals surface area contributed by atoms with E-state index in [4.69, 9.17) is 5.26 Å². The smallest absolute Gasteiger partial charge is 0.235 e. The summed E-state index contributed by atoms with van der Waals surface area (Å²) in [4.78, 5) is 12.6. The third kappa shape index (κ3) is 5.75. The number of carbonyl (C=O) groups is 1. The van der Waals surface area contributed by atoms with Crippen molar-refractivity contribution >= 4 is 15.7 Å². The van der Waals surface area contributed by atoms with E-state index in [1.54, 1.807) is 48.5 Å². The molecule has 3 rings (SSSR count). The second-order valence-electron chi connectivity index (χ2n) is 6.80. The maximum atomic E-state index is 13.3. The van der Waals surface area contributed by atoms with E-state index in [2.05, 4.69) is 5.32 Å². The van der Waals surface area contributed by atoms with Gasteiger partial charge in [0.25, 0.3) is 0 Å². The molecule has 3 aromatic carbocycles. The Hall–Kier alpha value is -3.50. The van der Waals surface area contributed by atoms with E-state index in [-0.39, 0.29) is 5.75 Å². The van der Waals surface area contributed by atoms with E-state index in [1.165, 1.54) is 24.3 Å². The van der Waals surface area contributed by atoms with Gasteiger partial charge in [0.15, 0.2) is 9.84 Å². The fourth-order valence-electron chi connectivity index (χ4n) is 3.04. The zero-order chi connectivity index (χ0) is 21.6. The molecule has 0 aliphatic heterocycles. The van der Waals surface area contributed by atoms with Gasteiger partial charge in [-0.1, -0.05) is 54.6 Å². The van der Waals surface area contributed by atoms with Crippen molar-refractivity contribution in [1.82, 2.24) is 5.32 Å². The maximum Gasteiger partial charge on any atom is 0.235 e. The first-order valence-electron chi connectivity index (χ1n) is 9.15. The first kappa shape index (κ1) is 21.2. The van der Waals surface area contributed by atoms with Crippen LogP contribution in [0, 0.1) is 17.1 Å². The van der Waals surface area contributed by atoms with Crippen LogP contribution in [0.2, 0.25) is 0 Å². The summed E-state index contributed by atoms with van der Waals surface area (Å²) in [5.41, 5.74) is 2.32. The Morgan fingerprint density at radius 1 is 0.933 bits per heavy atom. The van der Waals surface area contributed by atoms with Gasteiger partial charge in [-0.25, -0.2) is 12.8 Å². The van der Waals surface area contributed by atoms with E-state index < -0.39 is 33.4 Å². The molecule has 0 fully saturated rings. The lowest BCUT2D eigenvalue weighted by Crippen LogP contribution is -2.34. The van der Waals surface area contributed by atoms with Crippen LogP contribution < -0.4 is 5.32 Å². The summed E-state index contributed by atoms with van der Waals surface area (Å²) in [6.45, 7) is 0. The molecule has 0 heterocycles. The van der Waals surface area contributed by atoms with Crippen molar-refractivity contribution in [3.8, 4) is 6.07 Å². The zero-order valence-corrected chi connectivity index (χ0v) is 16.8. The number of rotatable bonds is 7. The van der Waals surface area contributed by atoms with Gasteiger partial charge in [-0.05, 0) is 41.0 Å². The van der Waals surface area contributed by atoms with Crippen LogP contribution in [0.3, 0.4) is 0 Å². The number of halogens is 1. The van der Waals surface area contributed by atoms with Gasteiger partial charge >= 0.3 is 0 Å². The van der Waals surface area contributed by atoms with Crippen molar-refractivity contribution in [1.29, 1.82) is 5.26 Å². The number of hydrogen-bond acceptors (Lipinski definition) is 4. The summed E-state index contributed by atoms with van der Waals surface area (Å²) in [5.74, 6) is -2.04. The van der Waals surface area contributed by atoms with Gasteiger partial charge in [-0.3, -0.25) is 4.79 Å². The van der Waals surface area contributed by atoms with Crippen LogP contribution in [0.5, 0.6) is 0 Å². The van der Waals surface area contributed by atoms with Crippen LogP contribution in [0.1, 0.15) is 28.3 Å². The number of benzene rings is 3. The lowest BCUT2D eigenvalue weighted by molar-refractivity contribution is -0.119. The standard InChI is InChI=1S/C23H19FN2O3S/c24-21-12-10-20(11-13-21)23(19-4-2-1-3-5-19)26-22(27)16-30(28,29)15-18-8-6-17(14-25)7-9-18/h1-13,23H,15-16H2,(H,26,27)/t23-/m0/s1. The summed E-state index contributed by atoms with van der Waals surface area (Å²) >= 11 is 0. The number of hydrogen-bond donors (Lipinski definition) is 1. The minimum absolute atomic E-state index is 0.307. The molecule has 0 bridgehead atoms. The van der Waals surface area contributed by atoms with Crippen LogP contribution in [0.4, 0.5) is 4.39 Å². The Balaban J connectivity index is 1.75. The van der Waals surface area contributed by atoms with Crippen molar-refractivity contribution < 1.29 is 17.6 Å². The molecule has 152 valence electrons. The molecule has 0 saturated carbocycles. The molecule has 0 unspecified atom stereocenters. The Bertz CT molecular complexity index is 1150. The second kappa shape index (κ2) is 9.33. The van der Waals surface area contributed by atoms with Crippen LogP contribution in [0.15, 0.2) is 78.9 Å². The van der Waals surface area contributed by atoms with Crippen molar-refractivity contribution in [3.05, 3.63) is 107 Å². The molecule has 5 nitrogen and oxygen atoms in total. The summed E-state index contributed by atoms with van der Waals surface area (Å²) in [6.07, 6.45) is 0. The number of carbonyl (C=O) groups excluding carboxylic acids is 1. The molecule has 1 amide bonds. The highest BCUT2D eigenvalue weighted by molar-refractivity contribution is 7.91. The molecule has 7 heteroatoms. The van der Waals surface area contributed by atoms with Gasteiger partial charge in [-0.2, -0.15) is 5.26 Å². The largest absolute Gasteiger partial charge is 0.344 e. The van der Waals surface area contributed by atoms with E-state index >= 15 is 0 Å². The highest BCUT2D eigenvalue weighted by Crippen LogP contribution is 2.22.